The number of phenols is 1. The van der Waals surface area contributed by atoms with Crippen molar-refractivity contribution in [1.82, 2.24) is 42.2 Å². The summed E-state index contributed by atoms with van der Waals surface area (Å²) in [6.45, 7) is 2.52. The number of aromatic nitrogens is 1. The minimum atomic E-state index is -1.73. The smallest absolute Gasteiger partial charge is 0.245 e. The topological polar surface area (TPSA) is 375 Å². The largest absolute Gasteiger partial charge is 0.508 e. The lowest BCUT2D eigenvalue weighted by atomic mass is 10.0. The minimum absolute atomic E-state index is 0.0593. The maximum Gasteiger partial charge on any atom is 0.245 e. The van der Waals surface area contributed by atoms with Crippen LogP contribution < -0.4 is 54.4 Å². The lowest BCUT2D eigenvalue weighted by molar-refractivity contribution is -0.137. The number of rotatable bonds is 29. The number of thiol groups is 1. The number of H-pyrrole nitrogens is 1. The number of nitrogens with one attached hydrogen (secondary N) is 8. The molecule has 10 atom stereocenters. The van der Waals surface area contributed by atoms with Crippen molar-refractivity contribution in [3.8, 4) is 5.75 Å². The third-order valence-corrected chi connectivity index (χ3v) is 13.0. The Kier molecular flexibility index (Phi) is 23.0. The number of benzene rings is 4. The Morgan fingerprint density at radius 2 is 0.974 bits per heavy atom. The van der Waals surface area contributed by atoms with Crippen LogP contribution in [0.4, 0.5) is 0 Å². The predicted molar refractivity (Wildman–Crippen MR) is 290 cm³/mol. The molecule has 0 radical (unpaired) electrons. The molecular formula is C54H69N11O11S. The highest BCUT2D eigenvalue weighted by atomic mass is 32.1. The van der Waals surface area contributed by atoms with Crippen molar-refractivity contribution in [3.63, 3.8) is 0 Å². The fourth-order valence-electron chi connectivity index (χ4n) is 8.31. The number of hydrogen-bond donors (Lipinski definition) is 15. The number of aliphatic hydroxyl groups is 2. The minimum Gasteiger partial charge on any atom is -0.508 e. The Morgan fingerprint density at radius 3 is 1.52 bits per heavy atom. The fraction of sp³-hybridized carbons (Fsp3) is 0.370. The highest BCUT2D eigenvalue weighted by Crippen LogP contribution is 2.20. The number of primary amides is 1. The van der Waals surface area contributed by atoms with Crippen LogP contribution in [0.5, 0.6) is 5.75 Å². The standard InChI is InChI=1S/C54H69N11O11S/c1-30(66)45(47(57)69)64-52(74)42(25-33-14-7-4-8-15-33)62-54(76)46(31(2)67)65-49(71)40(18-11-23-55)59-51(73)43(27-35-28-58-39-17-10-9-16-37(35)39)61-50(72)41(26-34-19-21-36(68)22-20-34)60-53(75)44(29-77)63-48(70)38(56)24-32-12-5-3-6-13-32/h3-10,12-17,19-22,28,30-31,38,40-46,58,66-68,77H,11,18,23-27,29,55-56H2,1-2H3,(H2,57,69)(H,59,73)(H,60,75)(H,61,72)(H,62,76)(H,63,70)(H,64,74)(H,65,71)/t30-,31-,38-,40+,41+,42+,43-,44+,45+,46+/m1/s1. The lowest BCUT2D eigenvalue weighted by Crippen LogP contribution is -2.62. The molecule has 0 unspecified atom stereocenters. The first-order valence-electron chi connectivity index (χ1n) is 25.0. The molecule has 8 amide bonds. The summed E-state index contributed by atoms with van der Waals surface area (Å²) in [4.78, 5) is 114. The molecule has 0 aliphatic rings. The summed E-state index contributed by atoms with van der Waals surface area (Å²) in [6.07, 6.45) is -1.51. The molecule has 77 heavy (non-hydrogen) atoms. The molecule has 5 aromatic rings. The van der Waals surface area contributed by atoms with Crippen molar-refractivity contribution in [1.29, 1.82) is 0 Å². The maximum atomic E-state index is 14.7. The number of amides is 8. The Bertz CT molecular complexity index is 2780. The van der Waals surface area contributed by atoms with Gasteiger partial charge in [-0.25, -0.2) is 0 Å². The van der Waals surface area contributed by atoms with Crippen molar-refractivity contribution in [2.24, 2.45) is 17.2 Å². The molecule has 0 spiro atoms. The molecule has 0 aliphatic heterocycles. The monoisotopic (exact) mass is 1080 g/mol. The van der Waals surface area contributed by atoms with Crippen LogP contribution in [-0.4, -0.2) is 140 Å². The van der Waals surface area contributed by atoms with Crippen molar-refractivity contribution in [3.05, 3.63) is 138 Å². The summed E-state index contributed by atoms with van der Waals surface area (Å²) < 4.78 is 0. The summed E-state index contributed by atoms with van der Waals surface area (Å²) in [5.74, 6) is -7.33. The highest BCUT2D eigenvalue weighted by Gasteiger charge is 2.36. The van der Waals surface area contributed by atoms with E-state index < -0.39 is 108 Å². The van der Waals surface area contributed by atoms with E-state index in [1.54, 1.807) is 79.0 Å². The molecule has 4 aromatic carbocycles. The Labute approximate surface area is 450 Å². The Hall–Kier alpha value is -7.83. The van der Waals surface area contributed by atoms with Gasteiger partial charge in [-0.05, 0) is 80.1 Å². The lowest BCUT2D eigenvalue weighted by Gasteiger charge is -2.29. The average molecular weight is 1080 g/mol. The third-order valence-electron chi connectivity index (χ3n) is 12.6. The van der Waals surface area contributed by atoms with E-state index in [4.69, 9.17) is 17.2 Å². The van der Waals surface area contributed by atoms with Gasteiger partial charge >= 0.3 is 0 Å². The van der Waals surface area contributed by atoms with E-state index >= 15 is 0 Å². The molecule has 5 rings (SSSR count). The normalized spacial score (nSPS) is 15.1. The molecule has 1 aromatic heterocycles. The van der Waals surface area contributed by atoms with Crippen LogP contribution in [0.15, 0.2) is 115 Å². The van der Waals surface area contributed by atoms with Gasteiger partial charge in [0.2, 0.25) is 47.3 Å². The number of carbonyl (C=O) groups is 8. The molecule has 0 fully saturated rings. The van der Waals surface area contributed by atoms with Gasteiger partial charge in [0, 0.05) is 42.1 Å². The van der Waals surface area contributed by atoms with E-state index in [-0.39, 0.29) is 56.6 Å². The number of hydrogen-bond acceptors (Lipinski definition) is 14. The zero-order valence-corrected chi connectivity index (χ0v) is 43.6. The van der Waals surface area contributed by atoms with E-state index in [0.717, 1.165) is 11.1 Å². The van der Waals surface area contributed by atoms with E-state index in [1.165, 1.54) is 38.1 Å². The van der Waals surface area contributed by atoms with Gasteiger partial charge in [0.25, 0.3) is 0 Å². The highest BCUT2D eigenvalue weighted by molar-refractivity contribution is 7.80. The first-order valence-corrected chi connectivity index (χ1v) is 25.7. The average Bonchev–Trinajstić information content (AvgIpc) is 3.82. The van der Waals surface area contributed by atoms with Crippen molar-refractivity contribution in [2.45, 2.75) is 113 Å². The van der Waals surface area contributed by atoms with Crippen LogP contribution in [0.2, 0.25) is 0 Å². The van der Waals surface area contributed by atoms with Gasteiger partial charge in [-0.2, -0.15) is 12.6 Å². The van der Waals surface area contributed by atoms with Crippen molar-refractivity contribution < 1.29 is 53.7 Å². The van der Waals surface area contributed by atoms with E-state index in [1.807, 2.05) is 12.1 Å². The van der Waals surface area contributed by atoms with Crippen LogP contribution in [0.3, 0.4) is 0 Å². The predicted octanol–water partition coefficient (Wildman–Crippen LogP) is -1.22. The van der Waals surface area contributed by atoms with Gasteiger partial charge < -0.3 is 74.7 Å². The molecule has 1 heterocycles. The molecule has 23 heteroatoms. The van der Waals surface area contributed by atoms with Crippen LogP contribution >= 0.6 is 12.6 Å². The van der Waals surface area contributed by atoms with Gasteiger partial charge in [0.1, 0.15) is 48.0 Å². The zero-order chi connectivity index (χ0) is 56.2. The summed E-state index contributed by atoms with van der Waals surface area (Å²) in [6, 6.07) is 19.3. The number of aromatic amines is 1. The zero-order valence-electron chi connectivity index (χ0n) is 42.7. The molecule has 0 saturated carbocycles. The number of phenolic OH excluding ortho intramolecular Hbond substituents is 1. The number of carbonyl (C=O) groups excluding carboxylic acids is 8. The van der Waals surface area contributed by atoms with E-state index in [9.17, 15) is 53.7 Å². The van der Waals surface area contributed by atoms with Gasteiger partial charge in [0.05, 0.1) is 18.2 Å². The number of aromatic hydroxyl groups is 1. The Morgan fingerprint density at radius 1 is 0.532 bits per heavy atom. The Balaban J connectivity index is 1.40. The second-order valence-corrected chi connectivity index (χ2v) is 19.1. The van der Waals surface area contributed by atoms with Crippen LogP contribution in [0.25, 0.3) is 10.9 Å². The van der Waals surface area contributed by atoms with Gasteiger partial charge in [-0.15, -0.1) is 0 Å². The number of nitrogens with two attached hydrogens (primary N) is 3. The van der Waals surface area contributed by atoms with Gasteiger partial charge in [0.15, 0.2) is 0 Å². The maximum absolute atomic E-state index is 14.7. The second kappa shape index (κ2) is 29.5. The molecule has 17 N–H and O–H groups in total. The summed E-state index contributed by atoms with van der Waals surface area (Å²) in [5.41, 5.74) is 20.7. The quantitative estimate of drug-likeness (QED) is 0.0250. The summed E-state index contributed by atoms with van der Waals surface area (Å²) >= 11 is 4.31. The molecule has 0 bridgehead atoms. The number of para-hydroxylation sites is 1. The summed E-state index contributed by atoms with van der Waals surface area (Å²) in [5, 5.41) is 49.9. The van der Waals surface area contributed by atoms with E-state index in [2.05, 4.69) is 54.8 Å². The number of fused-ring (bicyclic) bond motifs is 1. The fourth-order valence-corrected chi connectivity index (χ4v) is 8.57. The first-order chi connectivity index (χ1) is 36.8. The number of aliphatic hydroxyl groups excluding tert-OH is 2. The molecule has 22 nitrogen and oxygen atoms in total. The van der Waals surface area contributed by atoms with Crippen molar-refractivity contribution in [2.75, 3.05) is 12.3 Å². The summed E-state index contributed by atoms with van der Waals surface area (Å²) in [7, 11) is 0. The SMILES string of the molecule is C[C@@H](O)[C@H](NC(=O)[C@H](Cc1ccccc1)NC(=O)[C@@H](NC(=O)[C@H](CCCN)NC(=O)[C@@H](Cc1c[nH]c2ccccc12)NC(=O)[C@H](Cc1ccc(O)cc1)NC(=O)[C@H](CS)NC(=O)[C@H](N)Cc1ccccc1)[C@@H](C)O)C(N)=O. The first kappa shape index (κ1) is 60.0. The molecule has 0 saturated heterocycles. The molecular weight excluding hydrogens is 1010 g/mol. The molecule has 0 aliphatic carbocycles. The molecule has 412 valence electrons. The van der Waals surface area contributed by atoms with Crippen molar-refractivity contribution >= 4 is 70.8 Å². The van der Waals surface area contributed by atoms with Gasteiger partial charge in [-0.3, -0.25) is 38.4 Å². The van der Waals surface area contributed by atoms with Crippen LogP contribution in [0, 0.1) is 0 Å². The second-order valence-electron chi connectivity index (χ2n) is 18.7. The van der Waals surface area contributed by atoms with Crippen LogP contribution in [-0.2, 0) is 64.0 Å². The van der Waals surface area contributed by atoms with Crippen LogP contribution in [0.1, 0.15) is 48.9 Å². The van der Waals surface area contributed by atoms with E-state index in [0.29, 0.717) is 22.1 Å². The van der Waals surface area contributed by atoms with Gasteiger partial charge in [-0.1, -0.05) is 91.0 Å². The third kappa shape index (κ3) is 18.2.